The Hall–Kier alpha value is -5.21. The summed E-state index contributed by atoms with van der Waals surface area (Å²) in [5.74, 6) is -1.87. The lowest BCUT2D eigenvalue weighted by Crippen LogP contribution is -2.10. The van der Waals surface area contributed by atoms with Gasteiger partial charge in [-0.05, 0) is 42.0 Å². The molecule has 0 bridgehead atoms. The molecule has 0 N–H and O–H groups in total. The highest BCUT2D eigenvalue weighted by Crippen LogP contribution is 2.27. The maximum Gasteiger partial charge on any atom is 0.337 e. The number of esters is 1. The fraction of sp³-hybridized carbons (Fsp3) is 0.188. The molecule has 5 aromatic rings. The maximum absolute atomic E-state index is 15.4. The van der Waals surface area contributed by atoms with Gasteiger partial charge in [0.15, 0.2) is 0 Å². The number of aromatic nitrogens is 3. The summed E-state index contributed by atoms with van der Waals surface area (Å²) in [5.41, 5.74) is 2.79. The molecule has 218 valence electrons. The Bertz CT molecular complexity index is 1870. The fourth-order valence-corrected chi connectivity index (χ4v) is 4.59. The molecule has 2 aromatic heterocycles. The van der Waals surface area contributed by atoms with Crippen molar-refractivity contribution in [3.8, 4) is 23.2 Å². The number of pyridine rings is 1. The third kappa shape index (κ3) is 6.50. The molecule has 11 heteroatoms. The molecule has 2 heterocycles. The van der Waals surface area contributed by atoms with Gasteiger partial charge in [-0.15, -0.1) is 0 Å². The minimum absolute atomic E-state index is 0.110. The standard InChI is InChI=1S/C32H25F3N4O4/c1-41-10-9-39-29-13-22(32(40)42-2)7-8-27(29)37-30(39)14-20-5-6-21(12-26(20)35)28-15-24(33)16-31(38-28)43-18-23-4-3-19(17-36)11-25(23)34/h3-8,11-13,15-16H,9-10,14,18H2,1-2H3. The number of fused-ring (bicyclic) bond motifs is 1. The largest absolute Gasteiger partial charge is 0.473 e. The van der Waals surface area contributed by atoms with Crippen LogP contribution in [0, 0.1) is 28.8 Å². The van der Waals surface area contributed by atoms with E-state index in [9.17, 15) is 13.6 Å². The van der Waals surface area contributed by atoms with Gasteiger partial charge in [-0.1, -0.05) is 18.2 Å². The van der Waals surface area contributed by atoms with Crippen LogP contribution in [0.5, 0.6) is 5.88 Å². The third-order valence-corrected chi connectivity index (χ3v) is 6.79. The second kappa shape index (κ2) is 12.8. The number of hydrogen-bond donors (Lipinski definition) is 0. The molecule has 0 spiro atoms. The van der Waals surface area contributed by atoms with E-state index in [1.807, 2.05) is 10.6 Å². The Labute approximate surface area is 244 Å². The van der Waals surface area contributed by atoms with Crippen molar-refractivity contribution in [3.63, 3.8) is 0 Å². The van der Waals surface area contributed by atoms with E-state index in [0.717, 1.165) is 18.2 Å². The van der Waals surface area contributed by atoms with E-state index in [4.69, 9.17) is 19.5 Å². The molecule has 5 rings (SSSR count). The maximum atomic E-state index is 15.4. The zero-order chi connectivity index (χ0) is 30.5. The van der Waals surface area contributed by atoms with E-state index in [0.29, 0.717) is 46.7 Å². The molecule has 0 aliphatic rings. The summed E-state index contributed by atoms with van der Waals surface area (Å²) < 4.78 is 61.5. The van der Waals surface area contributed by atoms with Gasteiger partial charge >= 0.3 is 5.97 Å². The molecule has 0 atom stereocenters. The highest BCUT2D eigenvalue weighted by Gasteiger charge is 2.17. The van der Waals surface area contributed by atoms with E-state index < -0.39 is 23.4 Å². The summed E-state index contributed by atoms with van der Waals surface area (Å²) in [4.78, 5) is 21.0. The van der Waals surface area contributed by atoms with Gasteiger partial charge in [0, 0.05) is 43.3 Å². The number of ether oxygens (including phenoxy) is 3. The van der Waals surface area contributed by atoms with Gasteiger partial charge in [-0.25, -0.2) is 27.9 Å². The number of hydrogen-bond acceptors (Lipinski definition) is 7. The summed E-state index contributed by atoms with van der Waals surface area (Å²) in [6.07, 6.45) is 0.138. The van der Waals surface area contributed by atoms with Crippen LogP contribution in [0.3, 0.4) is 0 Å². The summed E-state index contributed by atoms with van der Waals surface area (Å²) in [6.45, 7) is 0.552. The van der Waals surface area contributed by atoms with Crippen LogP contribution in [-0.2, 0) is 29.0 Å². The monoisotopic (exact) mass is 586 g/mol. The first-order chi connectivity index (χ1) is 20.8. The van der Waals surface area contributed by atoms with Crippen molar-refractivity contribution in [2.24, 2.45) is 0 Å². The summed E-state index contributed by atoms with van der Waals surface area (Å²) in [6, 6.07) is 17.4. The molecule has 0 fully saturated rings. The van der Waals surface area contributed by atoms with E-state index >= 15 is 4.39 Å². The molecule has 0 saturated carbocycles. The molecule has 43 heavy (non-hydrogen) atoms. The van der Waals surface area contributed by atoms with Gasteiger partial charge in [0.25, 0.3) is 0 Å². The van der Waals surface area contributed by atoms with E-state index in [1.165, 1.54) is 25.3 Å². The van der Waals surface area contributed by atoms with Crippen LogP contribution in [0.2, 0.25) is 0 Å². The first kappa shape index (κ1) is 29.3. The van der Waals surface area contributed by atoms with E-state index in [-0.39, 0.29) is 35.7 Å². The van der Waals surface area contributed by atoms with Crippen molar-refractivity contribution in [2.75, 3.05) is 20.8 Å². The van der Waals surface area contributed by atoms with Crippen molar-refractivity contribution in [1.29, 1.82) is 5.26 Å². The Morgan fingerprint density at radius 1 is 0.930 bits per heavy atom. The van der Waals surface area contributed by atoms with Crippen LogP contribution in [0.15, 0.2) is 66.7 Å². The third-order valence-electron chi connectivity index (χ3n) is 6.79. The first-order valence-corrected chi connectivity index (χ1v) is 13.1. The average Bonchev–Trinajstić information content (AvgIpc) is 3.35. The Kier molecular flexibility index (Phi) is 8.69. The number of carbonyl (C=O) groups excluding carboxylic acids is 1. The fourth-order valence-electron chi connectivity index (χ4n) is 4.59. The zero-order valence-electron chi connectivity index (χ0n) is 23.2. The number of carbonyl (C=O) groups is 1. The van der Waals surface area contributed by atoms with Crippen LogP contribution in [-0.4, -0.2) is 41.3 Å². The van der Waals surface area contributed by atoms with Crippen LogP contribution in [0.25, 0.3) is 22.3 Å². The van der Waals surface area contributed by atoms with Gasteiger partial charge in [0.2, 0.25) is 5.88 Å². The van der Waals surface area contributed by atoms with Crippen molar-refractivity contribution in [1.82, 2.24) is 14.5 Å². The summed E-state index contributed by atoms with van der Waals surface area (Å²) in [5, 5.41) is 8.90. The molecule has 0 aliphatic carbocycles. The molecule has 3 aromatic carbocycles. The molecule has 8 nitrogen and oxygen atoms in total. The van der Waals surface area contributed by atoms with Crippen molar-refractivity contribution in [3.05, 3.63) is 112 Å². The van der Waals surface area contributed by atoms with Crippen LogP contribution in [0.4, 0.5) is 13.2 Å². The Morgan fingerprint density at radius 3 is 2.44 bits per heavy atom. The molecule has 0 saturated heterocycles. The van der Waals surface area contributed by atoms with Gasteiger partial charge in [0.1, 0.15) is 29.9 Å². The van der Waals surface area contributed by atoms with E-state index in [2.05, 4.69) is 9.97 Å². The predicted molar refractivity (Wildman–Crippen MR) is 151 cm³/mol. The van der Waals surface area contributed by atoms with Crippen molar-refractivity contribution in [2.45, 2.75) is 19.6 Å². The number of methoxy groups -OCH3 is 2. The smallest absolute Gasteiger partial charge is 0.337 e. The lowest BCUT2D eigenvalue weighted by Gasteiger charge is -2.11. The molecular weight excluding hydrogens is 561 g/mol. The zero-order valence-corrected chi connectivity index (χ0v) is 23.2. The van der Waals surface area contributed by atoms with Crippen LogP contribution >= 0.6 is 0 Å². The quantitative estimate of drug-likeness (QED) is 0.185. The van der Waals surface area contributed by atoms with Gasteiger partial charge in [-0.3, -0.25) is 0 Å². The minimum atomic E-state index is -0.664. The summed E-state index contributed by atoms with van der Waals surface area (Å²) >= 11 is 0. The van der Waals surface area contributed by atoms with Crippen LogP contribution in [0.1, 0.15) is 32.9 Å². The lowest BCUT2D eigenvalue weighted by molar-refractivity contribution is 0.0601. The number of halogens is 3. The number of nitriles is 1. The number of imidazole rings is 1. The van der Waals surface area contributed by atoms with Crippen molar-refractivity contribution >= 4 is 17.0 Å². The molecule has 0 aliphatic heterocycles. The Balaban J connectivity index is 1.39. The molecular formula is C32H25F3N4O4. The van der Waals surface area contributed by atoms with Crippen molar-refractivity contribution < 1.29 is 32.2 Å². The summed E-state index contributed by atoms with van der Waals surface area (Å²) in [7, 11) is 2.87. The lowest BCUT2D eigenvalue weighted by atomic mass is 10.1. The first-order valence-electron chi connectivity index (χ1n) is 13.1. The second-order valence-corrected chi connectivity index (χ2v) is 9.57. The SMILES string of the molecule is COCCn1c(Cc2ccc(-c3cc(F)cc(OCc4ccc(C#N)cc4F)n3)cc2F)nc2ccc(C(=O)OC)cc21. The average molecular weight is 587 g/mol. The highest BCUT2D eigenvalue weighted by molar-refractivity contribution is 5.93. The number of rotatable bonds is 10. The highest BCUT2D eigenvalue weighted by atomic mass is 19.1. The van der Waals surface area contributed by atoms with Gasteiger partial charge < -0.3 is 18.8 Å². The minimum Gasteiger partial charge on any atom is -0.473 e. The molecule has 0 radical (unpaired) electrons. The van der Waals surface area contributed by atoms with Crippen LogP contribution < -0.4 is 4.74 Å². The topological polar surface area (TPSA) is 99.3 Å². The second-order valence-electron chi connectivity index (χ2n) is 9.57. The van der Waals surface area contributed by atoms with Gasteiger partial charge in [0.05, 0.1) is 47.6 Å². The normalized spacial score (nSPS) is 11.0. The number of benzene rings is 3. The number of nitrogens with zero attached hydrogens (tertiary/aromatic N) is 4. The Morgan fingerprint density at radius 2 is 1.72 bits per heavy atom. The van der Waals surface area contributed by atoms with Gasteiger partial charge in [-0.2, -0.15) is 5.26 Å². The van der Waals surface area contributed by atoms with E-state index in [1.54, 1.807) is 37.4 Å². The predicted octanol–water partition coefficient (Wildman–Crippen LogP) is 5.99. The molecule has 0 unspecified atom stereocenters. The molecule has 0 amide bonds.